The van der Waals surface area contributed by atoms with Crippen LogP contribution in [0, 0.1) is 12.7 Å². The van der Waals surface area contributed by atoms with Crippen LogP contribution in [0.25, 0.3) is 11.4 Å². The summed E-state index contributed by atoms with van der Waals surface area (Å²) >= 11 is 0. The van der Waals surface area contributed by atoms with Crippen LogP contribution in [-0.4, -0.2) is 34.7 Å². The first-order valence-electron chi connectivity index (χ1n) is 10.5. The maximum Gasteiger partial charge on any atom is 0.258 e. The molecule has 2 heterocycles. The highest BCUT2D eigenvalue weighted by Crippen LogP contribution is 2.28. The number of amides is 1. The predicted octanol–water partition coefficient (Wildman–Crippen LogP) is 3.92. The van der Waals surface area contributed by atoms with Gasteiger partial charge in [0, 0.05) is 35.3 Å². The van der Waals surface area contributed by atoms with E-state index >= 15 is 0 Å². The molecule has 0 saturated heterocycles. The molecule has 8 heteroatoms. The number of benzene rings is 2. The van der Waals surface area contributed by atoms with Gasteiger partial charge in [-0.2, -0.15) is 0 Å². The Morgan fingerprint density at radius 1 is 1.22 bits per heavy atom. The second-order valence-electron chi connectivity index (χ2n) is 8.01. The number of aromatic nitrogens is 2. The summed E-state index contributed by atoms with van der Waals surface area (Å²) in [5.41, 5.74) is 4.65. The monoisotopic (exact) mass is 431 g/mol. The fraction of sp³-hybridized carbons (Fsp3) is 0.250. The lowest BCUT2D eigenvalue weighted by Crippen LogP contribution is -2.30. The molecule has 7 nitrogen and oxygen atoms in total. The van der Waals surface area contributed by atoms with E-state index in [-0.39, 0.29) is 24.3 Å². The van der Waals surface area contributed by atoms with Crippen LogP contribution in [-0.2, 0) is 11.3 Å². The molecule has 5 rings (SSSR count). The molecule has 1 aromatic heterocycles. The number of aryl methyl sites for hydroxylation is 1. The highest BCUT2D eigenvalue weighted by atomic mass is 19.1. The summed E-state index contributed by atoms with van der Waals surface area (Å²) in [5, 5.41) is 6.15. The van der Waals surface area contributed by atoms with Crippen molar-refractivity contribution in [2.75, 3.05) is 11.9 Å². The Morgan fingerprint density at radius 3 is 2.94 bits per heavy atom. The molecule has 0 bridgehead atoms. The summed E-state index contributed by atoms with van der Waals surface area (Å²) in [4.78, 5) is 25.2. The number of hydrogen-bond donors (Lipinski definition) is 2. The maximum atomic E-state index is 14.2. The molecule has 162 valence electrons. The predicted molar refractivity (Wildman–Crippen MR) is 120 cm³/mol. The summed E-state index contributed by atoms with van der Waals surface area (Å²) in [6, 6.07) is 10.7. The van der Waals surface area contributed by atoms with E-state index < -0.39 is 5.82 Å². The van der Waals surface area contributed by atoms with Crippen LogP contribution in [0.3, 0.4) is 0 Å². The van der Waals surface area contributed by atoms with Gasteiger partial charge in [-0.1, -0.05) is 6.07 Å². The smallest absolute Gasteiger partial charge is 0.258 e. The van der Waals surface area contributed by atoms with Gasteiger partial charge < -0.3 is 15.4 Å². The molecule has 32 heavy (non-hydrogen) atoms. The lowest BCUT2D eigenvalue weighted by atomic mass is 10.1. The molecule has 3 aromatic rings. The van der Waals surface area contributed by atoms with Crippen molar-refractivity contribution in [3.05, 3.63) is 65.1 Å². The van der Waals surface area contributed by atoms with Gasteiger partial charge in [0.15, 0.2) is 24.0 Å². The van der Waals surface area contributed by atoms with Crippen LogP contribution < -0.4 is 15.4 Å². The Morgan fingerprint density at radius 2 is 2.09 bits per heavy atom. The van der Waals surface area contributed by atoms with Gasteiger partial charge in [0.25, 0.3) is 5.91 Å². The minimum absolute atomic E-state index is 0.00922. The normalized spacial score (nSPS) is 14.2. The van der Waals surface area contributed by atoms with Gasteiger partial charge in [-0.05, 0) is 61.2 Å². The summed E-state index contributed by atoms with van der Waals surface area (Å²) in [5.74, 6) is 0.270. The van der Waals surface area contributed by atoms with Crippen molar-refractivity contribution in [2.24, 2.45) is 4.99 Å². The zero-order valence-electron chi connectivity index (χ0n) is 17.6. The molecule has 2 aromatic carbocycles. The number of halogens is 1. The van der Waals surface area contributed by atoms with Crippen LogP contribution >= 0.6 is 0 Å². The molecule has 2 aliphatic rings. The van der Waals surface area contributed by atoms with Gasteiger partial charge in [0.05, 0.1) is 6.54 Å². The van der Waals surface area contributed by atoms with Crippen molar-refractivity contribution in [3.63, 3.8) is 0 Å². The van der Waals surface area contributed by atoms with Crippen LogP contribution in [0.1, 0.15) is 29.5 Å². The number of carbonyl (C=O) groups is 1. The number of fused-ring (bicyclic) bond motifs is 1. The minimum Gasteiger partial charge on any atom is -0.481 e. The number of rotatable bonds is 7. The molecule has 1 aliphatic heterocycles. The van der Waals surface area contributed by atoms with Gasteiger partial charge in [0.2, 0.25) is 0 Å². The zero-order chi connectivity index (χ0) is 22.1. The molecule has 2 N–H and O–H groups in total. The van der Waals surface area contributed by atoms with Crippen molar-refractivity contribution in [1.29, 1.82) is 0 Å². The summed E-state index contributed by atoms with van der Waals surface area (Å²) in [6.45, 7) is 2.39. The average molecular weight is 431 g/mol. The molecule has 0 unspecified atom stereocenters. The fourth-order valence-electron chi connectivity index (χ4n) is 3.42. The summed E-state index contributed by atoms with van der Waals surface area (Å²) in [7, 11) is 0. The molecular weight excluding hydrogens is 409 g/mol. The zero-order valence-corrected chi connectivity index (χ0v) is 17.6. The van der Waals surface area contributed by atoms with Crippen molar-refractivity contribution in [3.8, 4) is 17.1 Å². The lowest BCUT2D eigenvalue weighted by Gasteiger charge is -2.12. The number of aliphatic imine (C=N–C) groups is 1. The third kappa shape index (κ3) is 4.44. The number of nitrogens with zero attached hydrogens (tertiary/aromatic N) is 3. The van der Waals surface area contributed by atoms with Gasteiger partial charge >= 0.3 is 0 Å². The van der Waals surface area contributed by atoms with Gasteiger partial charge in [-0.15, -0.1) is 0 Å². The number of nitrogens with one attached hydrogen (secondary N) is 2. The van der Waals surface area contributed by atoms with E-state index in [1.807, 2.05) is 31.3 Å². The Kier molecular flexibility index (Phi) is 5.26. The first-order chi connectivity index (χ1) is 15.5. The number of anilines is 2. The highest BCUT2D eigenvalue weighted by Gasteiger charge is 2.23. The Bertz CT molecular complexity index is 1220. The molecule has 1 aliphatic carbocycles. The standard InChI is InChI=1S/C24H22FN5O2/c1-14-10-27-24(30-23(14)29-19-4-2-16-11-26-12-17(16)8-19)15-3-7-20(25)21(9-15)32-13-22(31)28-18-5-6-18/h2-4,7-10,12,18H,5-6,11,13H2,1H3,(H,28,31)(H,27,29,30). The van der Waals surface area contributed by atoms with Crippen LogP contribution in [0.15, 0.2) is 47.6 Å². The maximum absolute atomic E-state index is 14.2. The molecular formula is C24H22FN5O2. The topological polar surface area (TPSA) is 88.5 Å². The number of hydrogen-bond acceptors (Lipinski definition) is 6. The van der Waals surface area contributed by atoms with E-state index in [1.165, 1.54) is 17.7 Å². The Hall–Kier alpha value is -3.81. The van der Waals surface area contributed by atoms with Crippen molar-refractivity contribution >= 4 is 23.6 Å². The third-order valence-electron chi connectivity index (χ3n) is 5.36. The first kappa shape index (κ1) is 20.1. The quantitative estimate of drug-likeness (QED) is 0.592. The summed E-state index contributed by atoms with van der Waals surface area (Å²) in [6.07, 6.45) is 5.54. The van der Waals surface area contributed by atoms with Crippen molar-refractivity contribution in [1.82, 2.24) is 15.3 Å². The number of ether oxygens (including phenoxy) is 1. The van der Waals surface area contributed by atoms with E-state index in [4.69, 9.17) is 4.74 Å². The number of carbonyl (C=O) groups excluding carboxylic acids is 1. The molecule has 1 fully saturated rings. The second kappa shape index (κ2) is 8.37. The Balaban J connectivity index is 1.35. The first-order valence-corrected chi connectivity index (χ1v) is 10.5. The minimum atomic E-state index is -0.543. The fourth-order valence-corrected chi connectivity index (χ4v) is 3.42. The van der Waals surface area contributed by atoms with E-state index in [2.05, 4.69) is 25.6 Å². The van der Waals surface area contributed by atoms with Gasteiger partial charge in [0.1, 0.15) is 5.82 Å². The lowest BCUT2D eigenvalue weighted by molar-refractivity contribution is -0.123. The third-order valence-corrected chi connectivity index (χ3v) is 5.36. The van der Waals surface area contributed by atoms with E-state index in [0.29, 0.717) is 23.8 Å². The van der Waals surface area contributed by atoms with Crippen LogP contribution in [0.5, 0.6) is 5.75 Å². The van der Waals surface area contributed by atoms with Crippen LogP contribution in [0.2, 0.25) is 0 Å². The van der Waals surface area contributed by atoms with Gasteiger partial charge in [-0.25, -0.2) is 14.4 Å². The molecule has 1 amide bonds. The highest BCUT2D eigenvalue weighted by molar-refractivity contribution is 5.86. The molecule has 1 saturated carbocycles. The van der Waals surface area contributed by atoms with Crippen LogP contribution in [0.4, 0.5) is 15.9 Å². The Labute approximate surface area is 184 Å². The summed E-state index contributed by atoms with van der Waals surface area (Å²) < 4.78 is 19.6. The molecule has 0 spiro atoms. The van der Waals surface area contributed by atoms with Crippen molar-refractivity contribution < 1.29 is 13.9 Å². The largest absolute Gasteiger partial charge is 0.481 e. The average Bonchev–Trinajstić information content (AvgIpc) is 3.47. The van der Waals surface area contributed by atoms with Crippen molar-refractivity contribution in [2.45, 2.75) is 32.4 Å². The second-order valence-corrected chi connectivity index (χ2v) is 8.01. The SMILES string of the molecule is Cc1cnc(-c2ccc(F)c(OCC(=O)NC3CC3)c2)nc1Nc1ccc2c(c1)C=NC2. The van der Waals surface area contributed by atoms with E-state index in [1.54, 1.807) is 12.3 Å². The van der Waals surface area contributed by atoms with E-state index in [0.717, 1.165) is 29.7 Å². The molecule has 0 atom stereocenters. The molecule has 0 radical (unpaired) electrons. The van der Waals surface area contributed by atoms with E-state index in [9.17, 15) is 9.18 Å². The van der Waals surface area contributed by atoms with Gasteiger partial charge in [-0.3, -0.25) is 9.79 Å².